The fraction of sp³-hybridized carbons (Fsp3) is 0.500. The summed E-state index contributed by atoms with van der Waals surface area (Å²) < 4.78 is 6.60. The third-order valence-electron chi connectivity index (χ3n) is 4.34. The Morgan fingerprint density at radius 2 is 2.14 bits per heavy atom. The average molecular weight is 435 g/mol. The molecule has 1 aliphatic carbocycles. The zero-order valence-corrected chi connectivity index (χ0v) is 16.8. The van der Waals surface area contributed by atoms with Gasteiger partial charge in [0.25, 0.3) is 0 Å². The van der Waals surface area contributed by atoms with Crippen molar-refractivity contribution in [2.45, 2.75) is 37.8 Å². The number of methoxy groups -OCH3 is 1. The van der Waals surface area contributed by atoms with E-state index in [0.29, 0.717) is 31.0 Å². The summed E-state index contributed by atoms with van der Waals surface area (Å²) in [5.74, 6) is -0.259. The highest BCUT2D eigenvalue weighted by Gasteiger charge is 2.42. The largest absolute Gasteiger partial charge is 0.390 e. The summed E-state index contributed by atoms with van der Waals surface area (Å²) in [6, 6.07) is 2.39. The van der Waals surface area contributed by atoms with Gasteiger partial charge >= 0.3 is 6.03 Å². The third kappa shape index (κ3) is 6.01. The van der Waals surface area contributed by atoms with Crippen molar-refractivity contribution in [1.82, 2.24) is 25.3 Å². The standard InChI is InChI=1S/C16H22N6O4.2ClH/c1-26-9-12-8-22(21-20-12)7-10-5-13(15(24)14(10)23)19-16(25)18-11-3-2-4-17-6-11;;/h2-4,6,8,10,13-15,23-24H,5,7,9H2,1H3,(H2,18,19,25);2*1H/t10-,13-,14-,15+;;/m1../s1. The number of hydrogen-bond acceptors (Lipinski definition) is 7. The Morgan fingerprint density at radius 1 is 1.36 bits per heavy atom. The number of nitrogens with one attached hydrogen (secondary N) is 2. The van der Waals surface area contributed by atoms with Gasteiger partial charge in [0.1, 0.15) is 11.8 Å². The molecule has 0 aromatic carbocycles. The fourth-order valence-electron chi connectivity index (χ4n) is 3.10. The number of anilines is 1. The van der Waals surface area contributed by atoms with E-state index in [1.165, 1.54) is 6.20 Å². The molecule has 156 valence electrons. The van der Waals surface area contributed by atoms with E-state index < -0.39 is 24.3 Å². The molecule has 2 aromatic heterocycles. The average Bonchev–Trinajstić information content (AvgIpc) is 3.17. The maximum absolute atomic E-state index is 12.1. The van der Waals surface area contributed by atoms with Crippen LogP contribution in [0.15, 0.2) is 30.7 Å². The van der Waals surface area contributed by atoms with Gasteiger partial charge in [0.15, 0.2) is 0 Å². The molecule has 0 aliphatic heterocycles. The van der Waals surface area contributed by atoms with Gasteiger partial charge in [-0.3, -0.25) is 9.67 Å². The fourth-order valence-corrected chi connectivity index (χ4v) is 3.10. The number of aliphatic hydroxyl groups excluding tert-OH is 2. The van der Waals surface area contributed by atoms with Crippen LogP contribution < -0.4 is 10.6 Å². The van der Waals surface area contributed by atoms with Crippen LogP contribution >= 0.6 is 24.8 Å². The number of nitrogens with zero attached hydrogens (tertiary/aromatic N) is 4. The summed E-state index contributed by atoms with van der Waals surface area (Å²) in [5, 5.41) is 33.8. The van der Waals surface area contributed by atoms with E-state index in [9.17, 15) is 15.0 Å². The van der Waals surface area contributed by atoms with Gasteiger partial charge in [-0.25, -0.2) is 4.79 Å². The number of ether oxygens (including phenoxy) is 1. The zero-order chi connectivity index (χ0) is 18.5. The van der Waals surface area contributed by atoms with Gasteiger partial charge in [0, 0.05) is 25.8 Å². The van der Waals surface area contributed by atoms with Gasteiger partial charge in [-0.05, 0) is 18.6 Å². The minimum Gasteiger partial charge on any atom is -0.390 e. The molecule has 0 unspecified atom stereocenters. The van der Waals surface area contributed by atoms with Gasteiger partial charge in [0.2, 0.25) is 0 Å². The molecule has 1 saturated carbocycles. The monoisotopic (exact) mass is 434 g/mol. The normalized spacial score (nSPS) is 23.4. The maximum atomic E-state index is 12.1. The number of amides is 2. The Balaban J connectivity index is 0.00000196. The molecular weight excluding hydrogens is 411 g/mol. The highest BCUT2D eigenvalue weighted by Crippen LogP contribution is 2.28. The molecule has 0 radical (unpaired) electrons. The zero-order valence-electron chi connectivity index (χ0n) is 15.1. The van der Waals surface area contributed by atoms with Crippen molar-refractivity contribution in [3.63, 3.8) is 0 Å². The highest BCUT2D eigenvalue weighted by atomic mass is 35.5. The van der Waals surface area contributed by atoms with Crippen molar-refractivity contribution < 1.29 is 19.7 Å². The van der Waals surface area contributed by atoms with Gasteiger partial charge in [-0.2, -0.15) is 0 Å². The van der Waals surface area contributed by atoms with E-state index >= 15 is 0 Å². The molecule has 3 rings (SSSR count). The highest BCUT2D eigenvalue weighted by molar-refractivity contribution is 5.89. The molecule has 0 saturated heterocycles. The van der Waals surface area contributed by atoms with Crippen molar-refractivity contribution in [1.29, 1.82) is 0 Å². The van der Waals surface area contributed by atoms with Gasteiger partial charge in [0.05, 0.1) is 36.8 Å². The predicted octanol–water partition coefficient (Wildman–Crippen LogP) is 0.595. The second-order valence-corrected chi connectivity index (χ2v) is 6.29. The lowest BCUT2D eigenvalue weighted by atomic mass is 10.1. The summed E-state index contributed by atoms with van der Waals surface area (Å²) >= 11 is 0. The molecule has 28 heavy (non-hydrogen) atoms. The SMILES string of the molecule is COCc1cn(C[C@H]2C[C@@H](NC(=O)Nc3cccnc3)[C@H](O)[C@@H]2O)nn1.Cl.Cl. The Labute approximate surface area is 174 Å². The first kappa shape index (κ1) is 24.1. The van der Waals surface area contributed by atoms with Crippen LogP contribution in [0.3, 0.4) is 0 Å². The number of halogens is 2. The quantitative estimate of drug-likeness (QED) is 0.522. The molecule has 10 nitrogen and oxygen atoms in total. The van der Waals surface area contributed by atoms with E-state index in [4.69, 9.17) is 4.74 Å². The van der Waals surface area contributed by atoms with Crippen molar-refractivity contribution in [3.05, 3.63) is 36.4 Å². The lowest BCUT2D eigenvalue weighted by Gasteiger charge is -2.18. The second kappa shape index (κ2) is 11.1. The van der Waals surface area contributed by atoms with Crippen molar-refractivity contribution in [2.24, 2.45) is 5.92 Å². The number of rotatable bonds is 6. The summed E-state index contributed by atoms with van der Waals surface area (Å²) in [6.45, 7) is 0.742. The van der Waals surface area contributed by atoms with E-state index in [1.54, 1.807) is 36.3 Å². The predicted molar refractivity (Wildman–Crippen MR) is 106 cm³/mol. The molecule has 2 amide bonds. The molecule has 0 bridgehead atoms. The summed E-state index contributed by atoms with van der Waals surface area (Å²) in [6.07, 6.45) is 3.26. The minimum atomic E-state index is -1.05. The Kier molecular flexibility index (Phi) is 9.56. The van der Waals surface area contributed by atoms with Crippen molar-refractivity contribution >= 4 is 36.5 Å². The van der Waals surface area contributed by atoms with Gasteiger partial charge in [-0.15, -0.1) is 29.9 Å². The van der Waals surface area contributed by atoms with Crippen LogP contribution in [0.25, 0.3) is 0 Å². The first-order chi connectivity index (χ1) is 12.6. The number of aromatic nitrogens is 4. The van der Waals surface area contributed by atoms with Crippen LogP contribution in [-0.2, 0) is 17.9 Å². The summed E-state index contributed by atoms with van der Waals surface area (Å²) in [5.41, 5.74) is 1.23. The Hall–Kier alpha value is -1.98. The van der Waals surface area contributed by atoms with Crippen LogP contribution in [0.2, 0.25) is 0 Å². The molecule has 4 atom stereocenters. The number of aliphatic hydroxyl groups is 2. The molecule has 1 fully saturated rings. The number of hydrogen-bond donors (Lipinski definition) is 4. The van der Waals surface area contributed by atoms with E-state index in [0.717, 1.165) is 0 Å². The van der Waals surface area contributed by atoms with Crippen LogP contribution in [0.4, 0.5) is 10.5 Å². The Bertz CT molecular complexity index is 735. The lowest BCUT2D eigenvalue weighted by Crippen LogP contribution is -2.44. The number of urea groups is 1. The molecular formula is C16H24Cl2N6O4. The van der Waals surface area contributed by atoms with E-state index in [1.807, 2.05) is 0 Å². The van der Waals surface area contributed by atoms with E-state index in [2.05, 4.69) is 25.9 Å². The van der Waals surface area contributed by atoms with E-state index in [-0.39, 0.29) is 30.7 Å². The molecule has 4 N–H and O–H groups in total. The van der Waals surface area contributed by atoms with Crippen molar-refractivity contribution in [2.75, 3.05) is 12.4 Å². The smallest absolute Gasteiger partial charge is 0.319 e. The topological polar surface area (TPSA) is 134 Å². The molecule has 2 heterocycles. The van der Waals surface area contributed by atoms with Crippen LogP contribution in [0, 0.1) is 5.92 Å². The minimum absolute atomic E-state index is 0. The maximum Gasteiger partial charge on any atom is 0.319 e. The first-order valence-electron chi connectivity index (χ1n) is 8.28. The number of pyridine rings is 1. The Morgan fingerprint density at radius 3 is 2.82 bits per heavy atom. The molecule has 2 aromatic rings. The number of carbonyl (C=O) groups is 1. The third-order valence-corrected chi connectivity index (χ3v) is 4.34. The molecule has 1 aliphatic rings. The first-order valence-corrected chi connectivity index (χ1v) is 8.28. The van der Waals surface area contributed by atoms with Crippen LogP contribution in [0.1, 0.15) is 12.1 Å². The lowest BCUT2D eigenvalue weighted by molar-refractivity contribution is 0.00877. The molecule has 12 heteroatoms. The van der Waals surface area contributed by atoms with Crippen LogP contribution in [0.5, 0.6) is 0 Å². The summed E-state index contributed by atoms with van der Waals surface area (Å²) in [7, 11) is 1.57. The van der Waals surface area contributed by atoms with Gasteiger partial charge < -0.3 is 25.6 Å². The van der Waals surface area contributed by atoms with Gasteiger partial charge in [-0.1, -0.05) is 5.21 Å². The second-order valence-electron chi connectivity index (χ2n) is 6.29. The number of carbonyl (C=O) groups excluding carboxylic acids is 1. The van der Waals surface area contributed by atoms with Crippen LogP contribution in [-0.4, -0.2) is 61.6 Å². The molecule has 0 spiro atoms. The summed E-state index contributed by atoms with van der Waals surface area (Å²) in [4.78, 5) is 16.0. The van der Waals surface area contributed by atoms with Crippen molar-refractivity contribution in [3.8, 4) is 0 Å².